The Bertz CT molecular complexity index is 510. The Kier molecular flexibility index (Phi) is 3.27. The third-order valence-electron chi connectivity index (χ3n) is 2.61. The van der Waals surface area contributed by atoms with Gasteiger partial charge in [0.25, 0.3) is 11.7 Å². The van der Waals surface area contributed by atoms with E-state index < -0.39 is 16.9 Å². The summed E-state index contributed by atoms with van der Waals surface area (Å²) >= 11 is 0. The van der Waals surface area contributed by atoms with Gasteiger partial charge in [-0.15, -0.1) is 0 Å². The van der Waals surface area contributed by atoms with Crippen molar-refractivity contribution >= 4 is 5.91 Å². The molecule has 1 aliphatic rings. The lowest BCUT2D eigenvalue weighted by atomic mass is 10.1. The molecular formula is C12H12N2O4. The molecule has 94 valence electrons. The maximum absolute atomic E-state index is 11.7. The molecule has 1 aromatic carbocycles. The van der Waals surface area contributed by atoms with Crippen LogP contribution >= 0.6 is 0 Å². The first-order valence-corrected chi connectivity index (χ1v) is 5.52. The van der Waals surface area contributed by atoms with Crippen molar-refractivity contribution in [3.8, 4) is 0 Å². The summed E-state index contributed by atoms with van der Waals surface area (Å²) in [6.45, 7) is 1.88. The van der Waals surface area contributed by atoms with Crippen molar-refractivity contribution in [3.63, 3.8) is 0 Å². The number of hydrogen-bond acceptors (Lipinski definition) is 4. The molecule has 18 heavy (non-hydrogen) atoms. The number of nitrogens with one attached hydrogen (secondary N) is 1. The van der Waals surface area contributed by atoms with Gasteiger partial charge in [-0.25, -0.2) is 0 Å². The number of nitrogens with zero attached hydrogens (tertiary/aromatic N) is 1. The van der Waals surface area contributed by atoms with E-state index in [0.717, 1.165) is 0 Å². The molecule has 6 nitrogen and oxygen atoms in total. The minimum absolute atomic E-state index is 0.198. The Hall–Kier alpha value is -2.37. The van der Waals surface area contributed by atoms with Crippen LogP contribution < -0.4 is 5.32 Å². The number of carbonyl (C=O) groups excluding carboxylic acids is 1. The van der Waals surface area contributed by atoms with E-state index in [-0.39, 0.29) is 18.1 Å². The minimum atomic E-state index is -0.754. The van der Waals surface area contributed by atoms with Gasteiger partial charge in [-0.3, -0.25) is 14.9 Å². The zero-order chi connectivity index (χ0) is 13.1. The first-order valence-electron chi connectivity index (χ1n) is 5.52. The third-order valence-corrected chi connectivity index (χ3v) is 2.61. The fourth-order valence-corrected chi connectivity index (χ4v) is 1.87. The summed E-state index contributed by atoms with van der Waals surface area (Å²) in [5, 5.41) is 13.6. The lowest BCUT2D eigenvalue weighted by Crippen LogP contribution is -2.23. The molecule has 1 aliphatic heterocycles. The number of hydrogen-bond donors (Lipinski definition) is 1. The van der Waals surface area contributed by atoms with Gasteiger partial charge in [0.1, 0.15) is 6.04 Å². The van der Waals surface area contributed by atoms with Gasteiger partial charge in [0.15, 0.2) is 0 Å². The molecular weight excluding hydrogens is 236 g/mol. The van der Waals surface area contributed by atoms with Crippen LogP contribution in [0, 0.1) is 10.1 Å². The maximum atomic E-state index is 11.7. The van der Waals surface area contributed by atoms with Gasteiger partial charge in [0, 0.05) is 0 Å². The lowest BCUT2D eigenvalue weighted by molar-refractivity contribution is -0.432. The Labute approximate surface area is 103 Å². The van der Waals surface area contributed by atoms with E-state index >= 15 is 0 Å². The zero-order valence-corrected chi connectivity index (χ0v) is 9.75. The molecule has 1 N–H and O–H groups in total. The molecule has 6 heteroatoms. The Morgan fingerprint density at radius 3 is 2.61 bits per heavy atom. The summed E-state index contributed by atoms with van der Waals surface area (Å²) in [5.74, 6) is -0.742. The predicted octanol–water partition coefficient (Wildman–Crippen LogP) is 1.38. The first kappa shape index (κ1) is 12.1. The van der Waals surface area contributed by atoms with E-state index in [2.05, 4.69) is 5.32 Å². The highest BCUT2D eigenvalue weighted by Crippen LogP contribution is 2.30. The second-order valence-corrected chi connectivity index (χ2v) is 3.72. The van der Waals surface area contributed by atoms with Gasteiger partial charge in [-0.05, 0) is 12.5 Å². The Balaban J connectivity index is 2.44. The van der Waals surface area contributed by atoms with Crippen molar-refractivity contribution in [1.29, 1.82) is 0 Å². The fraction of sp³-hybridized carbons (Fsp3) is 0.250. The van der Waals surface area contributed by atoms with Crippen LogP contribution in [0.3, 0.4) is 0 Å². The normalized spacial score (nSPS) is 18.7. The molecule has 0 aromatic heterocycles. The van der Waals surface area contributed by atoms with Crippen LogP contribution in [0.4, 0.5) is 0 Å². The zero-order valence-electron chi connectivity index (χ0n) is 9.75. The second-order valence-electron chi connectivity index (χ2n) is 3.72. The van der Waals surface area contributed by atoms with Crippen LogP contribution in [0.25, 0.3) is 0 Å². The summed E-state index contributed by atoms with van der Waals surface area (Å²) in [6, 6.07) is 8.02. The number of rotatable bonds is 4. The van der Waals surface area contributed by atoms with Crippen molar-refractivity contribution in [2.24, 2.45) is 0 Å². The summed E-state index contributed by atoms with van der Waals surface area (Å²) in [5.41, 5.74) is 0.431. The molecule has 1 amide bonds. The van der Waals surface area contributed by atoms with E-state index in [4.69, 9.17) is 4.74 Å². The molecule has 0 radical (unpaired) electrons. The highest BCUT2D eigenvalue weighted by atomic mass is 16.6. The SMILES string of the molecule is CCOC1=C([N+](=O)[O-])[C@@H](c2ccccc2)NC1=O. The summed E-state index contributed by atoms with van der Waals surface area (Å²) in [6.07, 6.45) is 0. The topological polar surface area (TPSA) is 81.5 Å². The molecule has 1 aromatic rings. The van der Waals surface area contributed by atoms with Crippen LogP contribution in [0.1, 0.15) is 18.5 Å². The number of ether oxygens (including phenoxy) is 1. The number of amides is 1. The molecule has 0 saturated heterocycles. The van der Waals surface area contributed by atoms with Crippen molar-refractivity contribution in [2.75, 3.05) is 6.61 Å². The van der Waals surface area contributed by atoms with E-state index in [0.29, 0.717) is 5.56 Å². The standard InChI is InChI=1S/C12H12N2O4/c1-2-18-11-10(14(16)17)9(13-12(11)15)8-6-4-3-5-7-8/h3-7,9H,2H2,1H3,(H,13,15)/t9-/m1/s1. The largest absolute Gasteiger partial charge is 0.483 e. The maximum Gasteiger partial charge on any atom is 0.320 e. The number of carbonyl (C=O) groups is 1. The number of benzene rings is 1. The minimum Gasteiger partial charge on any atom is -0.483 e. The highest BCUT2D eigenvalue weighted by Gasteiger charge is 2.42. The monoisotopic (exact) mass is 248 g/mol. The highest BCUT2D eigenvalue weighted by molar-refractivity contribution is 5.95. The molecule has 1 atom stereocenters. The van der Waals surface area contributed by atoms with E-state index in [1.165, 1.54) is 0 Å². The van der Waals surface area contributed by atoms with Gasteiger partial charge < -0.3 is 10.1 Å². The molecule has 0 aliphatic carbocycles. The average molecular weight is 248 g/mol. The average Bonchev–Trinajstić information content (AvgIpc) is 2.69. The molecule has 0 saturated carbocycles. The van der Waals surface area contributed by atoms with E-state index in [9.17, 15) is 14.9 Å². The van der Waals surface area contributed by atoms with Crippen LogP contribution in [-0.2, 0) is 9.53 Å². The third kappa shape index (κ3) is 2.04. The lowest BCUT2D eigenvalue weighted by Gasteiger charge is -2.08. The summed E-state index contributed by atoms with van der Waals surface area (Å²) in [7, 11) is 0. The number of nitro groups is 1. The Morgan fingerprint density at radius 1 is 1.39 bits per heavy atom. The molecule has 2 rings (SSSR count). The van der Waals surface area contributed by atoms with Crippen molar-refractivity contribution in [2.45, 2.75) is 13.0 Å². The van der Waals surface area contributed by atoms with Crippen molar-refractivity contribution in [1.82, 2.24) is 5.32 Å². The summed E-state index contributed by atoms with van der Waals surface area (Å²) < 4.78 is 5.07. The van der Waals surface area contributed by atoms with E-state index in [1.54, 1.807) is 37.3 Å². The van der Waals surface area contributed by atoms with Gasteiger partial charge in [0.05, 0.1) is 11.5 Å². The van der Waals surface area contributed by atoms with Gasteiger partial charge >= 0.3 is 5.70 Å². The smallest absolute Gasteiger partial charge is 0.320 e. The molecule has 0 unspecified atom stereocenters. The Morgan fingerprint density at radius 2 is 2.06 bits per heavy atom. The second kappa shape index (κ2) is 4.87. The fourth-order valence-electron chi connectivity index (χ4n) is 1.87. The van der Waals surface area contributed by atoms with Crippen LogP contribution in [0.15, 0.2) is 41.8 Å². The molecule has 0 fully saturated rings. The van der Waals surface area contributed by atoms with Gasteiger partial charge in [0.2, 0.25) is 0 Å². The van der Waals surface area contributed by atoms with Crippen molar-refractivity contribution < 1.29 is 14.5 Å². The van der Waals surface area contributed by atoms with Crippen molar-refractivity contribution in [3.05, 3.63) is 57.5 Å². The molecule has 0 spiro atoms. The first-order chi connectivity index (χ1) is 8.65. The summed E-state index contributed by atoms with van der Waals surface area (Å²) in [4.78, 5) is 22.2. The molecule has 1 heterocycles. The van der Waals surface area contributed by atoms with Crippen LogP contribution in [-0.4, -0.2) is 17.4 Å². The van der Waals surface area contributed by atoms with Gasteiger partial charge in [-0.2, -0.15) is 0 Å². The quantitative estimate of drug-likeness (QED) is 0.644. The van der Waals surface area contributed by atoms with Gasteiger partial charge in [-0.1, -0.05) is 30.3 Å². The van der Waals surface area contributed by atoms with E-state index in [1.807, 2.05) is 0 Å². The van der Waals surface area contributed by atoms with Crippen LogP contribution in [0.2, 0.25) is 0 Å². The van der Waals surface area contributed by atoms with Crippen LogP contribution in [0.5, 0.6) is 0 Å². The predicted molar refractivity (Wildman–Crippen MR) is 63.0 cm³/mol. The molecule has 0 bridgehead atoms.